The molecule has 1 aromatic carbocycles. The molecule has 0 atom stereocenters. The van der Waals surface area contributed by atoms with Gasteiger partial charge in [0.15, 0.2) is 0 Å². The lowest BCUT2D eigenvalue weighted by molar-refractivity contribution is 0.573. The Morgan fingerprint density at radius 1 is 1.31 bits per heavy atom. The van der Waals surface area contributed by atoms with Gasteiger partial charge in [-0.3, -0.25) is 0 Å². The molecule has 3 heteroatoms. The van der Waals surface area contributed by atoms with E-state index in [1.54, 1.807) is 6.26 Å². The molecule has 13 heavy (non-hydrogen) atoms. The van der Waals surface area contributed by atoms with Crippen molar-refractivity contribution in [2.75, 3.05) is 0 Å². The molecule has 0 N–H and O–H groups in total. The first kappa shape index (κ1) is 8.51. The maximum absolute atomic E-state index is 5.29. The molecule has 1 aromatic heterocycles. The highest BCUT2D eigenvalue weighted by molar-refractivity contribution is 9.10. The van der Waals surface area contributed by atoms with Crippen molar-refractivity contribution >= 4 is 15.9 Å². The second-order valence-electron chi connectivity index (χ2n) is 2.77. The molecule has 0 fully saturated rings. The summed E-state index contributed by atoms with van der Waals surface area (Å²) in [6.45, 7) is 1.91. The fraction of sp³-hybridized carbons (Fsp3) is 0.100. The van der Waals surface area contributed by atoms with Crippen molar-refractivity contribution in [2.24, 2.45) is 0 Å². The van der Waals surface area contributed by atoms with Crippen molar-refractivity contribution in [3.8, 4) is 11.5 Å². The van der Waals surface area contributed by atoms with Gasteiger partial charge in [0.05, 0.1) is 11.3 Å². The van der Waals surface area contributed by atoms with Crippen LogP contribution in [-0.2, 0) is 0 Å². The molecule has 0 amide bonds. The van der Waals surface area contributed by atoms with E-state index < -0.39 is 0 Å². The number of rotatable bonds is 1. The Morgan fingerprint density at radius 2 is 2.08 bits per heavy atom. The smallest absolute Gasteiger partial charge is 0.227 e. The zero-order chi connectivity index (χ0) is 9.26. The van der Waals surface area contributed by atoms with Crippen molar-refractivity contribution in [3.63, 3.8) is 0 Å². The number of oxazole rings is 1. The SMILES string of the molecule is Cc1coc(-c2ccccc2Br)n1. The first-order valence-electron chi connectivity index (χ1n) is 3.94. The van der Waals surface area contributed by atoms with E-state index in [1.807, 2.05) is 31.2 Å². The summed E-state index contributed by atoms with van der Waals surface area (Å²) in [6.07, 6.45) is 1.65. The molecule has 0 bridgehead atoms. The van der Waals surface area contributed by atoms with Crippen LogP contribution in [0.3, 0.4) is 0 Å². The van der Waals surface area contributed by atoms with Gasteiger partial charge < -0.3 is 4.42 Å². The van der Waals surface area contributed by atoms with E-state index in [9.17, 15) is 0 Å². The first-order valence-corrected chi connectivity index (χ1v) is 4.74. The average Bonchev–Trinajstić information content (AvgIpc) is 2.53. The van der Waals surface area contributed by atoms with E-state index >= 15 is 0 Å². The van der Waals surface area contributed by atoms with E-state index in [0.717, 1.165) is 15.7 Å². The average molecular weight is 238 g/mol. The number of halogens is 1. The van der Waals surface area contributed by atoms with E-state index in [-0.39, 0.29) is 0 Å². The highest BCUT2D eigenvalue weighted by Crippen LogP contribution is 2.26. The van der Waals surface area contributed by atoms with Crippen LogP contribution in [0.1, 0.15) is 5.69 Å². The van der Waals surface area contributed by atoms with E-state index in [4.69, 9.17) is 4.42 Å². The summed E-state index contributed by atoms with van der Waals surface area (Å²) in [7, 11) is 0. The zero-order valence-corrected chi connectivity index (χ0v) is 8.71. The fourth-order valence-corrected chi connectivity index (χ4v) is 1.57. The van der Waals surface area contributed by atoms with Gasteiger partial charge in [0.25, 0.3) is 0 Å². The van der Waals surface area contributed by atoms with E-state index in [0.29, 0.717) is 5.89 Å². The molecule has 1 heterocycles. The van der Waals surface area contributed by atoms with Crippen LogP contribution in [0.25, 0.3) is 11.5 Å². The first-order chi connectivity index (χ1) is 6.27. The zero-order valence-electron chi connectivity index (χ0n) is 7.12. The topological polar surface area (TPSA) is 26.0 Å². The van der Waals surface area contributed by atoms with Gasteiger partial charge in [0.2, 0.25) is 5.89 Å². The molecule has 2 nitrogen and oxygen atoms in total. The molecule has 0 saturated heterocycles. The molecule has 2 aromatic rings. The van der Waals surface area contributed by atoms with Crippen LogP contribution in [-0.4, -0.2) is 4.98 Å². The summed E-state index contributed by atoms with van der Waals surface area (Å²) < 4.78 is 6.29. The van der Waals surface area contributed by atoms with Crippen LogP contribution in [0.15, 0.2) is 39.4 Å². The van der Waals surface area contributed by atoms with Crippen LogP contribution in [0.4, 0.5) is 0 Å². The Hall–Kier alpha value is -1.09. The number of hydrogen-bond donors (Lipinski definition) is 0. The Balaban J connectivity index is 2.52. The van der Waals surface area contributed by atoms with Gasteiger partial charge in [0, 0.05) is 4.47 Å². The van der Waals surface area contributed by atoms with Crippen LogP contribution < -0.4 is 0 Å². The quantitative estimate of drug-likeness (QED) is 0.760. The molecular formula is C10H8BrNO. The number of aryl methyl sites for hydroxylation is 1. The molecule has 66 valence electrons. The number of aromatic nitrogens is 1. The molecule has 0 unspecified atom stereocenters. The molecule has 0 radical (unpaired) electrons. The maximum atomic E-state index is 5.29. The molecule has 0 aliphatic heterocycles. The predicted octanol–water partition coefficient (Wildman–Crippen LogP) is 3.41. The largest absolute Gasteiger partial charge is 0.444 e. The van der Waals surface area contributed by atoms with Gasteiger partial charge in [-0.25, -0.2) is 4.98 Å². The Labute approximate surface area is 84.7 Å². The molecule has 0 spiro atoms. The molecule has 0 aliphatic carbocycles. The predicted molar refractivity (Wildman–Crippen MR) is 54.4 cm³/mol. The number of hydrogen-bond acceptors (Lipinski definition) is 2. The van der Waals surface area contributed by atoms with Crippen molar-refractivity contribution in [1.29, 1.82) is 0 Å². The van der Waals surface area contributed by atoms with Gasteiger partial charge >= 0.3 is 0 Å². The van der Waals surface area contributed by atoms with Crippen molar-refractivity contribution < 1.29 is 4.42 Å². The van der Waals surface area contributed by atoms with E-state index in [2.05, 4.69) is 20.9 Å². The third-order valence-corrected chi connectivity index (χ3v) is 2.41. The summed E-state index contributed by atoms with van der Waals surface area (Å²) in [4.78, 5) is 4.25. The van der Waals surface area contributed by atoms with Gasteiger partial charge in [0.1, 0.15) is 6.26 Å². The summed E-state index contributed by atoms with van der Waals surface area (Å²) in [6, 6.07) is 7.85. The Kier molecular flexibility index (Phi) is 2.19. The van der Waals surface area contributed by atoms with Crippen LogP contribution in [0.2, 0.25) is 0 Å². The summed E-state index contributed by atoms with van der Waals surface area (Å²) in [5.41, 5.74) is 1.88. The normalized spacial score (nSPS) is 10.3. The minimum absolute atomic E-state index is 0.657. The van der Waals surface area contributed by atoms with Crippen LogP contribution in [0, 0.1) is 6.92 Å². The Morgan fingerprint density at radius 3 is 2.69 bits per heavy atom. The van der Waals surface area contributed by atoms with Crippen LogP contribution in [0.5, 0.6) is 0 Å². The molecular weight excluding hydrogens is 230 g/mol. The minimum Gasteiger partial charge on any atom is -0.444 e. The highest BCUT2D eigenvalue weighted by Gasteiger charge is 2.06. The third-order valence-electron chi connectivity index (χ3n) is 1.72. The molecule has 0 saturated carbocycles. The highest BCUT2D eigenvalue weighted by atomic mass is 79.9. The lowest BCUT2D eigenvalue weighted by atomic mass is 10.2. The van der Waals surface area contributed by atoms with Gasteiger partial charge in [-0.05, 0) is 35.0 Å². The molecule has 0 aliphatic rings. The monoisotopic (exact) mass is 237 g/mol. The van der Waals surface area contributed by atoms with Gasteiger partial charge in [-0.1, -0.05) is 12.1 Å². The fourth-order valence-electron chi connectivity index (χ4n) is 1.11. The van der Waals surface area contributed by atoms with Crippen molar-refractivity contribution in [1.82, 2.24) is 4.98 Å². The lowest BCUT2D eigenvalue weighted by Crippen LogP contribution is -1.79. The summed E-state index contributed by atoms with van der Waals surface area (Å²) in [5.74, 6) is 0.657. The minimum atomic E-state index is 0.657. The number of nitrogens with zero attached hydrogens (tertiary/aromatic N) is 1. The van der Waals surface area contributed by atoms with E-state index in [1.165, 1.54) is 0 Å². The van der Waals surface area contributed by atoms with Crippen molar-refractivity contribution in [2.45, 2.75) is 6.92 Å². The van der Waals surface area contributed by atoms with Crippen LogP contribution >= 0.6 is 15.9 Å². The standard InChI is InChI=1S/C10H8BrNO/c1-7-6-13-10(12-7)8-4-2-3-5-9(8)11/h2-6H,1H3. The van der Waals surface area contributed by atoms with Crippen molar-refractivity contribution in [3.05, 3.63) is 40.7 Å². The van der Waals surface area contributed by atoms with Gasteiger partial charge in [-0.2, -0.15) is 0 Å². The summed E-state index contributed by atoms with van der Waals surface area (Å²) >= 11 is 3.44. The molecule has 2 rings (SSSR count). The second kappa shape index (κ2) is 3.34. The maximum Gasteiger partial charge on any atom is 0.227 e. The number of benzene rings is 1. The summed E-state index contributed by atoms with van der Waals surface area (Å²) in [5, 5.41) is 0. The third kappa shape index (κ3) is 1.65. The Bertz CT molecular complexity index is 422. The van der Waals surface area contributed by atoms with Gasteiger partial charge in [-0.15, -0.1) is 0 Å². The second-order valence-corrected chi connectivity index (χ2v) is 3.63. The lowest BCUT2D eigenvalue weighted by Gasteiger charge is -1.97.